The Labute approximate surface area is 188 Å². The first-order valence-corrected chi connectivity index (χ1v) is 11.7. The highest BCUT2D eigenvalue weighted by Crippen LogP contribution is 2.28. The zero-order valence-corrected chi connectivity index (χ0v) is 19.7. The Balaban J connectivity index is 1.86. The molecule has 0 saturated carbocycles. The number of hydrogen-bond donors (Lipinski definition) is 1. The van der Waals surface area contributed by atoms with Gasteiger partial charge in [-0.2, -0.15) is 8.42 Å². The van der Waals surface area contributed by atoms with Crippen LogP contribution in [-0.4, -0.2) is 33.3 Å². The van der Waals surface area contributed by atoms with Gasteiger partial charge >= 0.3 is 16.2 Å². The summed E-state index contributed by atoms with van der Waals surface area (Å²) in [5.74, 6) is 0.631. The Bertz CT molecular complexity index is 1000. The van der Waals surface area contributed by atoms with Gasteiger partial charge in [0, 0.05) is 12.6 Å². The first-order chi connectivity index (χ1) is 14.5. The highest BCUT2D eigenvalue weighted by atomic mass is 35.5. The number of amides is 1. The maximum Gasteiger partial charge on any atom is 0.407 e. The highest BCUT2D eigenvalue weighted by Gasteiger charge is 2.20. The predicted octanol–water partition coefficient (Wildman–Crippen LogP) is 5.10. The van der Waals surface area contributed by atoms with Crippen LogP contribution in [0.2, 0.25) is 5.02 Å². The van der Waals surface area contributed by atoms with Crippen molar-refractivity contribution in [1.29, 1.82) is 0 Å². The van der Waals surface area contributed by atoms with Crippen molar-refractivity contribution < 1.29 is 26.9 Å². The molecule has 0 aliphatic rings. The SMILES string of the molecule is Cc1cc(OCCCCNC(=O)OC(C)(C)C)cc(OS(=O)(=O)c2ccccc2Cl)c1. The average molecular weight is 470 g/mol. The Hall–Kier alpha value is -2.45. The van der Waals surface area contributed by atoms with Gasteiger partial charge < -0.3 is 19.0 Å². The zero-order valence-electron chi connectivity index (χ0n) is 18.1. The molecule has 0 bridgehead atoms. The van der Waals surface area contributed by atoms with Gasteiger partial charge in [-0.15, -0.1) is 0 Å². The molecule has 0 fully saturated rings. The summed E-state index contributed by atoms with van der Waals surface area (Å²) < 4.78 is 41.2. The largest absolute Gasteiger partial charge is 0.493 e. The summed E-state index contributed by atoms with van der Waals surface area (Å²) in [6.45, 7) is 8.10. The second kappa shape index (κ2) is 10.7. The van der Waals surface area contributed by atoms with Crippen molar-refractivity contribution in [2.45, 2.75) is 51.0 Å². The van der Waals surface area contributed by atoms with Gasteiger partial charge in [0.05, 0.1) is 11.6 Å². The van der Waals surface area contributed by atoms with E-state index in [1.54, 1.807) is 45.0 Å². The Kier molecular flexibility index (Phi) is 8.59. The molecule has 0 spiro atoms. The number of halogens is 1. The molecule has 0 unspecified atom stereocenters. The normalized spacial score (nSPS) is 11.6. The summed E-state index contributed by atoms with van der Waals surface area (Å²) in [6, 6.07) is 11.0. The van der Waals surface area contributed by atoms with E-state index in [0.717, 1.165) is 5.56 Å². The maximum atomic E-state index is 12.5. The van der Waals surface area contributed by atoms with E-state index in [9.17, 15) is 13.2 Å². The van der Waals surface area contributed by atoms with Crippen LogP contribution >= 0.6 is 11.6 Å². The zero-order chi connectivity index (χ0) is 23.1. The number of nitrogens with one attached hydrogen (secondary N) is 1. The van der Waals surface area contributed by atoms with Gasteiger partial charge in [-0.05, 0) is 70.4 Å². The fourth-order valence-corrected chi connectivity index (χ4v) is 4.00. The fourth-order valence-electron chi connectivity index (χ4n) is 2.59. The van der Waals surface area contributed by atoms with Gasteiger partial charge in [-0.3, -0.25) is 0 Å². The third-order valence-corrected chi connectivity index (χ3v) is 5.59. The lowest BCUT2D eigenvalue weighted by atomic mass is 10.2. The minimum absolute atomic E-state index is 0.0895. The van der Waals surface area contributed by atoms with Crippen LogP contribution in [0.15, 0.2) is 47.4 Å². The molecule has 0 aromatic heterocycles. The second-order valence-electron chi connectivity index (χ2n) is 7.93. The minimum atomic E-state index is -4.07. The monoisotopic (exact) mass is 469 g/mol. The Morgan fingerprint density at radius 3 is 2.42 bits per heavy atom. The number of benzene rings is 2. The molecule has 2 aromatic carbocycles. The predicted molar refractivity (Wildman–Crippen MR) is 119 cm³/mol. The molecule has 1 N–H and O–H groups in total. The number of unbranched alkanes of at least 4 members (excludes halogenated alkanes) is 1. The van der Waals surface area contributed by atoms with Gasteiger partial charge in [-0.1, -0.05) is 23.7 Å². The van der Waals surface area contributed by atoms with Crippen molar-refractivity contribution in [3.63, 3.8) is 0 Å². The summed E-state index contributed by atoms with van der Waals surface area (Å²) in [4.78, 5) is 11.5. The Morgan fingerprint density at radius 2 is 1.74 bits per heavy atom. The first-order valence-electron chi connectivity index (χ1n) is 9.87. The summed E-state index contributed by atoms with van der Waals surface area (Å²) >= 11 is 5.98. The number of carbonyl (C=O) groups excluding carboxylic acids is 1. The van der Waals surface area contributed by atoms with E-state index in [-0.39, 0.29) is 15.7 Å². The molecule has 170 valence electrons. The smallest absolute Gasteiger partial charge is 0.407 e. The molecule has 2 rings (SSSR count). The summed E-state index contributed by atoms with van der Waals surface area (Å²) in [5.41, 5.74) is 0.255. The number of ether oxygens (including phenoxy) is 2. The van der Waals surface area contributed by atoms with Crippen molar-refractivity contribution >= 4 is 27.8 Å². The van der Waals surface area contributed by atoms with Crippen molar-refractivity contribution in [3.05, 3.63) is 53.1 Å². The molecule has 9 heteroatoms. The molecule has 0 aliphatic carbocycles. The molecule has 0 radical (unpaired) electrons. The van der Waals surface area contributed by atoms with E-state index >= 15 is 0 Å². The molecule has 1 amide bonds. The lowest BCUT2D eigenvalue weighted by Crippen LogP contribution is -2.33. The Morgan fingerprint density at radius 1 is 1.06 bits per heavy atom. The minimum Gasteiger partial charge on any atom is -0.493 e. The van der Waals surface area contributed by atoms with Gasteiger partial charge in [-0.25, -0.2) is 4.79 Å². The summed E-state index contributed by atoms with van der Waals surface area (Å²) in [7, 11) is -4.07. The number of aryl methyl sites for hydroxylation is 1. The van der Waals surface area contributed by atoms with E-state index in [1.807, 2.05) is 6.92 Å². The van der Waals surface area contributed by atoms with Crippen LogP contribution in [0.3, 0.4) is 0 Å². The molecular weight excluding hydrogens is 442 g/mol. The van der Waals surface area contributed by atoms with Crippen LogP contribution < -0.4 is 14.2 Å². The van der Waals surface area contributed by atoms with Crippen LogP contribution in [0.25, 0.3) is 0 Å². The maximum absolute atomic E-state index is 12.5. The van der Waals surface area contributed by atoms with Gasteiger partial charge in [0.2, 0.25) is 0 Å². The fraction of sp³-hybridized carbons (Fsp3) is 0.409. The van der Waals surface area contributed by atoms with Crippen LogP contribution in [0.1, 0.15) is 39.2 Å². The first kappa shape index (κ1) is 24.8. The lowest BCUT2D eigenvalue weighted by Gasteiger charge is -2.19. The third-order valence-electron chi connectivity index (χ3n) is 3.84. The lowest BCUT2D eigenvalue weighted by molar-refractivity contribution is 0.0526. The molecule has 0 aliphatic heterocycles. The summed E-state index contributed by atoms with van der Waals surface area (Å²) in [5, 5.41) is 2.78. The molecule has 7 nitrogen and oxygen atoms in total. The van der Waals surface area contributed by atoms with Gasteiger partial charge in [0.15, 0.2) is 0 Å². The molecule has 0 saturated heterocycles. The average Bonchev–Trinajstić information content (AvgIpc) is 2.62. The number of alkyl carbamates (subject to hydrolysis) is 1. The van der Waals surface area contributed by atoms with E-state index in [0.29, 0.717) is 31.7 Å². The molecule has 2 aromatic rings. The number of hydrogen-bond acceptors (Lipinski definition) is 6. The van der Waals surface area contributed by atoms with E-state index in [2.05, 4.69) is 5.32 Å². The number of carbonyl (C=O) groups is 1. The van der Waals surface area contributed by atoms with Crippen LogP contribution in [0, 0.1) is 6.92 Å². The van der Waals surface area contributed by atoms with Crippen molar-refractivity contribution in [3.8, 4) is 11.5 Å². The van der Waals surface area contributed by atoms with Crippen LogP contribution in [0.4, 0.5) is 4.79 Å². The third kappa shape index (κ3) is 8.67. The van der Waals surface area contributed by atoms with Crippen molar-refractivity contribution in [2.75, 3.05) is 13.2 Å². The standard InChI is InChI=1S/C22H28ClNO6S/c1-16-13-17(28-12-8-7-11-24-21(25)29-22(2,3)4)15-18(14-16)30-31(26,27)20-10-6-5-9-19(20)23/h5-6,9-10,13-15H,7-8,11-12H2,1-4H3,(H,24,25). The van der Waals surface area contributed by atoms with E-state index in [4.69, 9.17) is 25.3 Å². The molecule has 31 heavy (non-hydrogen) atoms. The van der Waals surface area contributed by atoms with E-state index in [1.165, 1.54) is 18.2 Å². The van der Waals surface area contributed by atoms with Crippen LogP contribution in [-0.2, 0) is 14.9 Å². The molecule has 0 heterocycles. The topological polar surface area (TPSA) is 90.9 Å². The second-order valence-corrected chi connectivity index (χ2v) is 9.86. The van der Waals surface area contributed by atoms with Crippen LogP contribution in [0.5, 0.6) is 11.5 Å². The highest BCUT2D eigenvalue weighted by molar-refractivity contribution is 7.87. The summed E-state index contributed by atoms with van der Waals surface area (Å²) in [6.07, 6.45) is 0.946. The molecule has 0 atom stereocenters. The van der Waals surface area contributed by atoms with Crippen molar-refractivity contribution in [2.24, 2.45) is 0 Å². The quantitative estimate of drug-likeness (QED) is 0.406. The van der Waals surface area contributed by atoms with Crippen molar-refractivity contribution in [1.82, 2.24) is 5.32 Å². The molecular formula is C22H28ClNO6S. The van der Waals surface area contributed by atoms with E-state index < -0.39 is 21.8 Å². The van der Waals surface area contributed by atoms with Gasteiger partial charge in [0.1, 0.15) is 22.0 Å². The van der Waals surface area contributed by atoms with Gasteiger partial charge in [0.25, 0.3) is 0 Å². The number of rotatable bonds is 9.